The monoisotopic (exact) mass is 197 g/mol. The van der Waals surface area contributed by atoms with Gasteiger partial charge in [0, 0.05) is 20.2 Å². The molecule has 0 saturated heterocycles. The van der Waals surface area contributed by atoms with Gasteiger partial charge < -0.3 is 14.8 Å². The van der Waals surface area contributed by atoms with Gasteiger partial charge in [0.1, 0.15) is 6.10 Å². The van der Waals surface area contributed by atoms with Crippen LogP contribution in [0.15, 0.2) is 24.5 Å². The highest BCUT2D eigenvalue weighted by molar-refractivity contribution is 4.96. The summed E-state index contributed by atoms with van der Waals surface area (Å²) in [6.07, 6.45) is 10.5. The average Bonchev–Trinajstić information content (AvgIpc) is 2.25. The van der Waals surface area contributed by atoms with E-state index in [4.69, 9.17) is 9.47 Å². The lowest BCUT2D eigenvalue weighted by atomic mass is 10.1. The van der Waals surface area contributed by atoms with Crippen molar-refractivity contribution in [1.82, 2.24) is 5.32 Å². The van der Waals surface area contributed by atoms with Crippen molar-refractivity contribution >= 4 is 0 Å². The quantitative estimate of drug-likeness (QED) is 0.516. The molecule has 1 heterocycles. The van der Waals surface area contributed by atoms with Crippen LogP contribution in [0.3, 0.4) is 0 Å². The normalized spacial score (nSPS) is 21.4. The summed E-state index contributed by atoms with van der Waals surface area (Å²) < 4.78 is 10.3. The third-order valence-corrected chi connectivity index (χ3v) is 2.06. The molecule has 1 aliphatic heterocycles. The van der Waals surface area contributed by atoms with E-state index in [2.05, 4.69) is 23.5 Å². The predicted octanol–water partition coefficient (Wildman–Crippen LogP) is 1.47. The second kappa shape index (κ2) is 7.59. The molecule has 1 atom stereocenters. The number of rotatable bonds is 6. The molecule has 0 fully saturated rings. The molecule has 1 unspecified atom stereocenters. The summed E-state index contributed by atoms with van der Waals surface area (Å²) in [5, 5.41) is 3.24. The summed E-state index contributed by atoms with van der Waals surface area (Å²) in [5.41, 5.74) is 0. The molecule has 0 saturated carbocycles. The molecule has 0 bridgehead atoms. The lowest BCUT2D eigenvalue weighted by Crippen LogP contribution is -2.19. The van der Waals surface area contributed by atoms with Gasteiger partial charge >= 0.3 is 0 Å². The van der Waals surface area contributed by atoms with Gasteiger partial charge in [-0.2, -0.15) is 0 Å². The minimum atomic E-state index is 0.268. The first-order chi connectivity index (χ1) is 6.93. The number of hydrogen-bond donors (Lipinski definition) is 1. The molecule has 0 aromatic rings. The van der Waals surface area contributed by atoms with Gasteiger partial charge in [0.15, 0.2) is 0 Å². The number of ether oxygens (including phenoxy) is 2. The first kappa shape index (κ1) is 11.3. The minimum Gasteiger partial charge on any atom is -0.494 e. The number of nitrogens with one attached hydrogen (secondary N) is 1. The van der Waals surface area contributed by atoms with Crippen LogP contribution in [0.1, 0.15) is 12.8 Å². The fraction of sp³-hybridized carbons (Fsp3) is 0.636. The second-order valence-corrected chi connectivity index (χ2v) is 3.25. The Balaban J connectivity index is 1.99. The summed E-state index contributed by atoms with van der Waals surface area (Å²) in [4.78, 5) is 0. The zero-order valence-electron chi connectivity index (χ0n) is 8.74. The molecule has 1 N–H and O–H groups in total. The standard InChI is InChI=1S/C11H19NO2/c1-13-10-8-12-7-4-6-11-5-2-3-9-14-11/h3-4,6,9,11-12H,2,5,7-8,10H2,1H3. The Bertz CT molecular complexity index is 190. The first-order valence-electron chi connectivity index (χ1n) is 5.10. The maximum atomic E-state index is 5.39. The Morgan fingerprint density at radius 1 is 1.64 bits per heavy atom. The third-order valence-electron chi connectivity index (χ3n) is 2.06. The topological polar surface area (TPSA) is 30.5 Å². The number of allylic oxidation sites excluding steroid dienone is 1. The molecule has 1 rings (SSSR count). The molecule has 0 radical (unpaired) electrons. The van der Waals surface area contributed by atoms with Gasteiger partial charge in [0.05, 0.1) is 12.9 Å². The molecule has 3 heteroatoms. The van der Waals surface area contributed by atoms with Crippen LogP contribution in [0, 0.1) is 0 Å². The van der Waals surface area contributed by atoms with Crippen molar-refractivity contribution in [2.45, 2.75) is 18.9 Å². The molecule has 0 spiro atoms. The average molecular weight is 197 g/mol. The van der Waals surface area contributed by atoms with Crippen molar-refractivity contribution in [3.63, 3.8) is 0 Å². The summed E-state index contributed by atoms with van der Waals surface area (Å²) in [6.45, 7) is 2.54. The summed E-state index contributed by atoms with van der Waals surface area (Å²) in [6, 6.07) is 0. The minimum absolute atomic E-state index is 0.268. The smallest absolute Gasteiger partial charge is 0.116 e. The number of methoxy groups -OCH3 is 1. The van der Waals surface area contributed by atoms with Crippen molar-refractivity contribution in [1.29, 1.82) is 0 Å². The van der Waals surface area contributed by atoms with E-state index in [1.54, 1.807) is 13.4 Å². The van der Waals surface area contributed by atoms with Gasteiger partial charge in [0.2, 0.25) is 0 Å². The molecular formula is C11H19NO2. The van der Waals surface area contributed by atoms with Crippen LogP contribution in [0.25, 0.3) is 0 Å². The summed E-state index contributed by atoms with van der Waals surface area (Å²) in [5.74, 6) is 0. The molecule has 0 aromatic carbocycles. The maximum Gasteiger partial charge on any atom is 0.116 e. The third kappa shape index (κ3) is 5.04. The molecule has 0 aromatic heterocycles. The van der Waals surface area contributed by atoms with Crippen LogP contribution < -0.4 is 5.32 Å². The van der Waals surface area contributed by atoms with Crippen LogP contribution in [0.5, 0.6) is 0 Å². The van der Waals surface area contributed by atoms with E-state index >= 15 is 0 Å². The van der Waals surface area contributed by atoms with Crippen LogP contribution in [-0.2, 0) is 9.47 Å². The highest BCUT2D eigenvalue weighted by Crippen LogP contribution is 2.10. The van der Waals surface area contributed by atoms with Gasteiger partial charge in [-0.1, -0.05) is 6.08 Å². The van der Waals surface area contributed by atoms with Gasteiger partial charge in [0.25, 0.3) is 0 Å². The highest BCUT2D eigenvalue weighted by atomic mass is 16.5. The zero-order chi connectivity index (χ0) is 10.1. The van der Waals surface area contributed by atoms with Crippen molar-refractivity contribution in [2.75, 3.05) is 26.8 Å². The Morgan fingerprint density at radius 2 is 2.57 bits per heavy atom. The maximum absolute atomic E-state index is 5.39. The van der Waals surface area contributed by atoms with Crippen molar-refractivity contribution < 1.29 is 9.47 Å². The molecule has 0 aliphatic carbocycles. The van der Waals surface area contributed by atoms with E-state index in [0.717, 1.165) is 32.5 Å². The molecule has 80 valence electrons. The van der Waals surface area contributed by atoms with Crippen molar-refractivity contribution in [3.05, 3.63) is 24.5 Å². The molecule has 3 nitrogen and oxygen atoms in total. The van der Waals surface area contributed by atoms with Crippen LogP contribution in [-0.4, -0.2) is 32.9 Å². The molecule has 1 aliphatic rings. The first-order valence-corrected chi connectivity index (χ1v) is 5.10. The van der Waals surface area contributed by atoms with Crippen LogP contribution >= 0.6 is 0 Å². The van der Waals surface area contributed by atoms with E-state index in [1.165, 1.54) is 0 Å². The van der Waals surface area contributed by atoms with Gasteiger partial charge in [-0.3, -0.25) is 0 Å². The Morgan fingerprint density at radius 3 is 3.29 bits per heavy atom. The largest absolute Gasteiger partial charge is 0.494 e. The SMILES string of the molecule is COCCNCC=CC1CCC=CO1. The van der Waals surface area contributed by atoms with Gasteiger partial charge in [-0.25, -0.2) is 0 Å². The summed E-state index contributed by atoms with van der Waals surface area (Å²) in [7, 11) is 1.71. The molecule has 0 amide bonds. The Labute approximate surface area is 85.8 Å². The van der Waals surface area contributed by atoms with Crippen molar-refractivity contribution in [2.24, 2.45) is 0 Å². The van der Waals surface area contributed by atoms with Crippen LogP contribution in [0.4, 0.5) is 0 Å². The number of hydrogen-bond acceptors (Lipinski definition) is 3. The van der Waals surface area contributed by atoms with E-state index in [-0.39, 0.29) is 6.10 Å². The summed E-state index contributed by atoms with van der Waals surface area (Å²) >= 11 is 0. The lowest BCUT2D eigenvalue weighted by molar-refractivity contribution is 0.165. The van der Waals surface area contributed by atoms with E-state index in [0.29, 0.717) is 0 Å². The molecular weight excluding hydrogens is 178 g/mol. The Hall–Kier alpha value is -0.800. The fourth-order valence-electron chi connectivity index (χ4n) is 1.27. The van der Waals surface area contributed by atoms with Gasteiger partial charge in [-0.15, -0.1) is 0 Å². The highest BCUT2D eigenvalue weighted by Gasteiger charge is 2.04. The van der Waals surface area contributed by atoms with Gasteiger partial charge in [-0.05, 0) is 25.0 Å². The van der Waals surface area contributed by atoms with Crippen molar-refractivity contribution in [3.8, 4) is 0 Å². The molecule has 14 heavy (non-hydrogen) atoms. The zero-order valence-corrected chi connectivity index (χ0v) is 8.74. The Kier molecular flexibility index (Phi) is 6.11. The lowest BCUT2D eigenvalue weighted by Gasteiger charge is -2.15. The van der Waals surface area contributed by atoms with E-state index in [1.807, 2.05) is 0 Å². The van der Waals surface area contributed by atoms with Crippen LogP contribution in [0.2, 0.25) is 0 Å². The van der Waals surface area contributed by atoms with E-state index in [9.17, 15) is 0 Å². The predicted molar refractivity (Wildman–Crippen MR) is 57.1 cm³/mol. The van der Waals surface area contributed by atoms with E-state index < -0.39 is 0 Å². The second-order valence-electron chi connectivity index (χ2n) is 3.25. The fourth-order valence-corrected chi connectivity index (χ4v) is 1.27.